The maximum Gasteiger partial charge on any atom is 0.139 e. The normalized spacial score (nSPS) is 21.8. The monoisotopic (exact) mass is 384 g/mol. The smallest absolute Gasteiger partial charge is 0.139 e. The predicted octanol–water partition coefficient (Wildman–Crippen LogP) is 4.57. The van der Waals surface area contributed by atoms with Crippen LogP contribution in [0.15, 0.2) is 24.5 Å². The Morgan fingerprint density at radius 1 is 1.22 bits per heavy atom. The molecule has 0 saturated heterocycles. The van der Waals surface area contributed by atoms with Crippen LogP contribution in [-0.4, -0.2) is 46.2 Å². The SMILES string of the molecule is CC[C@@H](O)c1ccc2sc3ncnc(N[C@H]4CC[C@H](N(C)C)CC4)c3c2c1. The summed E-state index contributed by atoms with van der Waals surface area (Å²) in [6.45, 7) is 2.00. The fourth-order valence-corrected chi connectivity index (χ4v) is 5.13. The molecule has 1 aliphatic carbocycles. The zero-order valence-electron chi connectivity index (χ0n) is 16.3. The molecule has 1 atom stereocenters. The molecule has 0 spiro atoms. The average Bonchev–Trinajstić information content (AvgIpc) is 3.06. The lowest BCUT2D eigenvalue weighted by Crippen LogP contribution is -2.36. The number of thiophene rings is 1. The van der Waals surface area contributed by atoms with Crippen LogP contribution in [0, 0.1) is 0 Å². The molecule has 1 fully saturated rings. The van der Waals surface area contributed by atoms with Crippen molar-refractivity contribution >= 4 is 37.5 Å². The summed E-state index contributed by atoms with van der Waals surface area (Å²) in [6.07, 6.45) is 6.71. The fraction of sp³-hybridized carbons (Fsp3) is 0.524. The highest BCUT2D eigenvalue weighted by atomic mass is 32.1. The summed E-state index contributed by atoms with van der Waals surface area (Å²) in [7, 11) is 4.35. The van der Waals surface area contributed by atoms with Gasteiger partial charge in [0.05, 0.1) is 11.5 Å². The second-order valence-corrected chi connectivity index (χ2v) is 8.83. The number of rotatable bonds is 5. The Bertz CT molecular complexity index is 930. The summed E-state index contributed by atoms with van der Waals surface area (Å²) in [5, 5.41) is 16.2. The first-order valence-electron chi connectivity index (χ1n) is 9.85. The lowest BCUT2D eigenvalue weighted by atomic mass is 9.90. The summed E-state index contributed by atoms with van der Waals surface area (Å²) < 4.78 is 1.19. The molecule has 0 amide bonds. The van der Waals surface area contributed by atoms with Crippen LogP contribution in [0.1, 0.15) is 50.7 Å². The van der Waals surface area contributed by atoms with Gasteiger partial charge in [0.25, 0.3) is 0 Å². The van der Waals surface area contributed by atoms with Crippen LogP contribution in [0.3, 0.4) is 0 Å². The molecule has 144 valence electrons. The number of benzene rings is 1. The van der Waals surface area contributed by atoms with E-state index >= 15 is 0 Å². The minimum Gasteiger partial charge on any atom is -0.388 e. The summed E-state index contributed by atoms with van der Waals surface area (Å²) in [5.74, 6) is 0.933. The van der Waals surface area contributed by atoms with Crippen molar-refractivity contribution in [3.8, 4) is 0 Å². The van der Waals surface area contributed by atoms with E-state index in [-0.39, 0.29) is 0 Å². The van der Waals surface area contributed by atoms with E-state index in [1.807, 2.05) is 13.0 Å². The first-order chi connectivity index (χ1) is 13.1. The Morgan fingerprint density at radius 3 is 2.70 bits per heavy atom. The van der Waals surface area contributed by atoms with Gasteiger partial charge in [-0.3, -0.25) is 0 Å². The lowest BCUT2D eigenvalue weighted by molar-refractivity contribution is 0.174. The fourth-order valence-electron chi connectivity index (χ4n) is 4.11. The Labute approximate surface area is 164 Å². The molecule has 4 rings (SSSR count). The molecule has 27 heavy (non-hydrogen) atoms. The number of aliphatic hydroxyl groups is 1. The zero-order valence-corrected chi connectivity index (χ0v) is 17.1. The number of nitrogens with one attached hydrogen (secondary N) is 1. The van der Waals surface area contributed by atoms with Crippen molar-refractivity contribution in [2.45, 2.75) is 57.2 Å². The van der Waals surface area contributed by atoms with E-state index in [1.165, 1.54) is 17.5 Å². The van der Waals surface area contributed by atoms with E-state index in [4.69, 9.17) is 0 Å². The van der Waals surface area contributed by atoms with Crippen LogP contribution in [-0.2, 0) is 0 Å². The number of aliphatic hydroxyl groups excluding tert-OH is 1. The molecular weight excluding hydrogens is 356 g/mol. The molecule has 0 bridgehead atoms. The van der Waals surface area contributed by atoms with E-state index in [0.717, 1.165) is 39.8 Å². The third-order valence-corrected chi connectivity index (χ3v) is 6.91. The third kappa shape index (κ3) is 3.66. The largest absolute Gasteiger partial charge is 0.388 e. The summed E-state index contributed by atoms with van der Waals surface area (Å²) in [6, 6.07) is 7.38. The Hall–Kier alpha value is -1.76. The highest BCUT2D eigenvalue weighted by Gasteiger charge is 2.23. The van der Waals surface area contributed by atoms with Crippen LogP contribution in [0.4, 0.5) is 5.82 Å². The van der Waals surface area contributed by atoms with Crippen molar-refractivity contribution in [1.29, 1.82) is 0 Å². The number of hydrogen-bond acceptors (Lipinski definition) is 6. The van der Waals surface area contributed by atoms with Gasteiger partial charge in [-0.15, -0.1) is 11.3 Å². The Morgan fingerprint density at radius 2 is 2.00 bits per heavy atom. The van der Waals surface area contributed by atoms with Gasteiger partial charge in [-0.1, -0.05) is 13.0 Å². The van der Waals surface area contributed by atoms with E-state index in [2.05, 4.69) is 46.4 Å². The molecule has 1 aromatic carbocycles. The Kier molecular flexibility index (Phi) is 5.30. The molecule has 2 N–H and O–H groups in total. The number of fused-ring (bicyclic) bond motifs is 3. The molecule has 0 aliphatic heterocycles. The molecule has 6 heteroatoms. The van der Waals surface area contributed by atoms with Crippen molar-refractivity contribution in [3.63, 3.8) is 0 Å². The van der Waals surface area contributed by atoms with Crippen molar-refractivity contribution in [3.05, 3.63) is 30.1 Å². The standard InChI is InChI=1S/C21H28N4OS/c1-4-17(26)13-5-10-18-16(11-13)19-20(22-12-23-21(19)27-18)24-14-6-8-15(9-7-14)25(2)3/h5,10-12,14-15,17,26H,4,6-9H2,1-3H3,(H,22,23,24)/t14-,15-,17-/m1/s1. The van der Waals surface area contributed by atoms with Crippen LogP contribution in [0.25, 0.3) is 20.3 Å². The molecule has 1 saturated carbocycles. The summed E-state index contributed by atoms with van der Waals surface area (Å²) >= 11 is 1.69. The molecule has 2 aromatic heterocycles. The van der Waals surface area contributed by atoms with Gasteiger partial charge in [0.1, 0.15) is 17.0 Å². The zero-order chi connectivity index (χ0) is 19.0. The highest BCUT2D eigenvalue weighted by molar-refractivity contribution is 7.25. The molecule has 0 radical (unpaired) electrons. The van der Waals surface area contributed by atoms with Crippen LogP contribution < -0.4 is 5.32 Å². The molecule has 5 nitrogen and oxygen atoms in total. The van der Waals surface area contributed by atoms with Gasteiger partial charge in [-0.2, -0.15) is 0 Å². The van der Waals surface area contributed by atoms with Gasteiger partial charge in [-0.25, -0.2) is 9.97 Å². The molecule has 3 aromatic rings. The first-order valence-corrected chi connectivity index (χ1v) is 10.7. The minimum atomic E-state index is -0.424. The molecular formula is C21H28N4OS. The number of aromatic nitrogens is 2. The maximum atomic E-state index is 10.3. The average molecular weight is 385 g/mol. The second kappa shape index (κ2) is 7.70. The molecule has 1 aliphatic rings. The van der Waals surface area contributed by atoms with Crippen molar-refractivity contribution in [1.82, 2.24) is 14.9 Å². The van der Waals surface area contributed by atoms with Crippen molar-refractivity contribution in [2.75, 3.05) is 19.4 Å². The van der Waals surface area contributed by atoms with Gasteiger partial charge >= 0.3 is 0 Å². The van der Waals surface area contributed by atoms with E-state index < -0.39 is 6.10 Å². The maximum absolute atomic E-state index is 10.3. The second-order valence-electron chi connectivity index (χ2n) is 7.80. The van der Waals surface area contributed by atoms with Gasteiger partial charge in [0, 0.05) is 22.2 Å². The van der Waals surface area contributed by atoms with Gasteiger partial charge < -0.3 is 15.3 Å². The highest BCUT2D eigenvalue weighted by Crippen LogP contribution is 2.38. The van der Waals surface area contributed by atoms with Crippen LogP contribution >= 0.6 is 11.3 Å². The summed E-state index contributed by atoms with van der Waals surface area (Å²) in [5.41, 5.74) is 0.964. The van der Waals surface area contributed by atoms with Crippen molar-refractivity contribution in [2.24, 2.45) is 0 Å². The van der Waals surface area contributed by atoms with Crippen molar-refractivity contribution < 1.29 is 5.11 Å². The van der Waals surface area contributed by atoms with Gasteiger partial charge in [0.15, 0.2) is 0 Å². The van der Waals surface area contributed by atoms with Gasteiger partial charge in [-0.05, 0) is 63.9 Å². The quantitative estimate of drug-likeness (QED) is 0.675. The topological polar surface area (TPSA) is 61.3 Å². The van der Waals surface area contributed by atoms with Gasteiger partial charge in [0.2, 0.25) is 0 Å². The van der Waals surface area contributed by atoms with Crippen LogP contribution in [0.2, 0.25) is 0 Å². The third-order valence-electron chi connectivity index (χ3n) is 5.83. The van der Waals surface area contributed by atoms with E-state index in [9.17, 15) is 5.11 Å². The van der Waals surface area contributed by atoms with Crippen LogP contribution in [0.5, 0.6) is 0 Å². The van der Waals surface area contributed by atoms with E-state index in [1.54, 1.807) is 17.7 Å². The molecule has 0 unspecified atom stereocenters. The lowest BCUT2D eigenvalue weighted by Gasteiger charge is -2.33. The van der Waals surface area contributed by atoms with E-state index in [0.29, 0.717) is 18.5 Å². The number of anilines is 1. The number of hydrogen-bond donors (Lipinski definition) is 2. The summed E-state index contributed by atoms with van der Waals surface area (Å²) in [4.78, 5) is 12.4. The predicted molar refractivity (Wildman–Crippen MR) is 114 cm³/mol. The molecule has 2 heterocycles. The minimum absolute atomic E-state index is 0.424. The Balaban J connectivity index is 1.66. The first kappa shape index (κ1) is 18.6. The number of nitrogens with zero attached hydrogens (tertiary/aromatic N) is 3.